The van der Waals surface area contributed by atoms with Gasteiger partial charge in [0.2, 0.25) is 0 Å². The second kappa shape index (κ2) is 6.99. The quantitative estimate of drug-likeness (QED) is 0.492. The number of nitrogens with one attached hydrogen (secondary N) is 2. The van der Waals surface area contributed by atoms with Crippen molar-refractivity contribution in [2.45, 2.75) is 11.8 Å². The Kier molecular flexibility index (Phi) is 4.87. The SMILES string of the molecule is Cc1c(C(=O)NNS(=O)(=O)c2ccc(Cl)c([N+](=O)[O-])c2)oc2ccccc12. The van der Waals surface area contributed by atoms with Crippen LogP contribution in [0.2, 0.25) is 5.02 Å². The summed E-state index contributed by atoms with van der Waals surface area (Å²) in [5, 5.41) is 11.4. The third-order valence-electron chi connectivity index (χ3n) is 3.77. The number of furan rings is 1. The fraction of sp³-hybridized carbons (Fsp3) is 0.0625. The lowest BCUT2D eigenvalue weighted by Crippen LogP contribution is -2.41. The van der Waals surface area contributed by atoms with Crippen LogP contribution in [0, 0.1) is 17.0 Å². The van der Waals surface area contributed by atoms with Crippen LogP contribution >= 0.6 is 11.6 Å². The molecule has 0 atom stereocenters. The first-order valence-electron chi connectivity index (χ1n) is 7.45. The molecule has 3 aromatic rings. The second-order valence-corrected chi connectivity index (χ2v) is 7.57. The number of para-hydroxylation sites is 1. The maximum Gasteiger partial charge on any atom is 0.302 e. The number of nitro benzene ring substituents is 1. The number of nitro groups is 1. The van der Waals surface area contributed by atoms with Crippen LogP contribution in [-0.4, -0.2) is 19.2 Å². The minimum absolute atomic E-state index is 0.0546. The number of hydrogen-bond donors (Lipinski definition) is 2. The number of amides is 1. The first-order chi connectivity index (χ1) is 12.7. The standard InChI is InChI=1S/C16H12ClN3O6S/c1-9-11-4-2-3-5-14(11)26-15(9)16(21)18-19-27(24,25)10-6-7-12(17)13(8-10)20(22)23/h2-8,19H,1H3,(H,18,21). The highest BCUT2D eigenvalue weighted by molar-refractivity contribution is 7.89. The molecule has 1 heterocycles. The number of carbonyl (C=O) groups is 1. The number of halogens is 1. The Morgan fingerprint density at radius 1 is 1.22 bits per heavy atom. The van der Waals surface area contributed by atoms with Crippen molar-refractivity contribution in [1.82, 2.24) is 10.3 Å². The van der Waals surface area contributed by atoms with Crippen LogP contribution in [0.15, 0.2) is 51.8 Å². The van der Waals surface area contributed by atoms with E-state index in [4.69, 9.17) is 16.0 Å². The molecule has 0 unspecified atom stereocenters. The molecule has 0 radical (unpaired) electrons. The normalized spacial score (nSPS) is 11.5. The van der Waals surface area contributed by atoms with E-state index in [9.17, 15) is 23.3 Å². The van der Waals surface area contributed by atoms with Crippen LogP contribution in [-0.2, 0) is 10.0 Å². The van der Waals surface area contributed by atoms with E-state index in [-0.39, 0.29) is 10.8 Å². The number of carbonyl (C=O) groups excluding carboxylic acids is 1. The highest BCUT2D eigenvalue weighted by Crippen LogP contribution is 2.27. The highest BCUT2D eigenvalue weighted by Gasteiger charge is 2.23. The molecule has 0 saturated heterocycles. The molecule has 0 aliphatic carbocycles. The largest absolute Gasteiger partial charge is 0.451 e. The van der Waals surface area contributed by atoms with E-state index in [0.29, 0.717) is 11.1 Å². The lowest BCUT2D eigenvalue weighted by Gasteiger charge is -2.08. The molecule has 0 saturated carbocycles. The zero-order valence-corrected chi connectivity index (χ0v) is 15.3. The molecule has 0 fully saturated rings. The van der Waals surface area contributed by atoms with E-state index in [1.165, 1.54) is 0 Å². The minimum Gasteiger partial charge on any atom is -0.451 e. The van der Waals surface area contributed by atoms with Gasteiger partial charge in [0.1, 0.15) is 10.6 Å². The van der Waals surface area contributed by atoms with Crippen LogP contribution in [0.5, 0.6) is 0 Å². The summed E-state index contributed by atoms with van der Waals surface area (Å²) in [6.45, 7) is 1.66. The molecule has 9 nitrogen and oxygen atoms in total. The minimum atomic E-state index is -4.27. The lowest BCUT2D eigenvalue weighted by atomic mass is 10.1. The van der Waals surface area contributed by atoms with Gasteiger partial charge in [0, 0.05) is 17.0 Å². The molecule has 1 aromatic heterocycles. The number of fused-ring (bicyclic) bond motifs is 1. The summed E-state index contributed by atoms with van der Waals surface area (Å²) in [7, 11) is -4.27. The summed E-state index contributed by atoms with van der Waals surface area (Å²) in [5.41, 5.74) is 2.49. The third-order valence-corrected chi connectivity index (χ3v) is 5.34. The Morgan fingerprint density at radius 3 is 2.59 bits per heavy atom. The monoisotopic (exact) mass is 409 g/mol. The van der Waals surface area contributed by atoms with Crippen molar-refractivity contribution in [3.05, 3.63) is 68.9 Å². The van der Waals surface area contributed by atoms with Gasteiger partial charge in [-0.15, -0.1) is 4.83 Å². The van der Waals surface area contributed by atoms with Gasteiger partial charge in [-0.3, -0.25) is 20.3 Å². The average Bonchev–Trinajstić information content (AvgIpc) is 2.97. The van der Waals surface area contributed by atoms with Crippen LogP contribution in [0.1, 0.15) is 16.1 Å². The van der Waals surface area contributed by atoms with Crippen molar-refractivity contribution in [1.29, 1.82) is 0 Å². The van der Waals surface area contributed by atoms with Gasteiger partial charge in [-0.05, 0) is 25.1 Å². The fourth-order valence-corrected chi connectivity index (χ4v) is 3.47. The molecule has 0 aliphatic rings. The summed E-state index contributed by atoms with van der Waals surface area (Å²) >= 11 is 5.67. The Hall–Kier alpha value is -2.95. The zero-order chi connectivity index (χ0) is 19.8. The molecule has 140 valence electrons. The van der Waals surface area contributed by atoms with E-state index in [1.54, 1.807) is 31.2 Å². The number of sulfonamides is 1. The van der Waals surface area contributed by atoms with E-state index in [2.05, 4.69) is 0 Å². The van der Waals surface area contributed by atoms with Gasteiger partial charge in [0.05, 0.1) is 9.82 Å². The number of aryl methyl sites for hydroxylation is 1. The summed E-state index contributed by atoms with van der Waals surface area (Å²) in [5.74, 6) is -0.864. The Bertz CT molecular complexity index is 1170. The molecule has 2 N–H and O–H groups in total. The fourth-order valence-electron chi connectivity index (χ4n) is 2.42. The molecule has 0 aliphatic heterocycles. The number of nitrogens with zero attached hydrogens (tertiary/aromatic N) is 1. The molecule has 0 bridgehead atoms. The van der Waals surface area contributed by atoms with Crippen LogP contribution < -0.4 is 10.3 Å². The van der Waals surface area contributed by atoms with Crippen molar-refractivity contribution in [2.24, 2.45) is 0 Å². The van der Waals surface area contributed by atoms with Crippen LogP contribution in [0.4, 0.5) is 5.69 Å². The average molecular weight is 410 g/mol. The van der Waals surface area contributed by atoms with E-state index in [0.717, 1.165) is 23.6 Å². The van der Waals surface area contributed by atoms with Gasteiger partial charge >= 0.3 is 5.91 Å². The van der Waals surface area contributed by atoms with Crippen molar-refractivity contribution in [2.75, 3.05) is 0 Å². The zero-order valence-electron chi connectivity index (χ0n) is 13.7. The Morgan fingerprint density at radius 2 is 1.93 bits per heavy atom. The molecule has 1 amide bonds. The number of hydrazine groups is 1. The van der Waals surface area contributed by atoms with Crippen molar-refractivity contribution < 1.29 is 22.6 Å². The van der Waals surface area contributed by atoms with Crippen LogP contribution in [0.3, 0.4) is 0 Å². The maximum atomic E-state index is 12.3. The first-order valence-corrected chi connectivity index (χ1v) is 9.31. The van der Waals surface area contributed by atoms with Gasteiger partial charge in [0.25, 0.3) is 15.7 Å². The summed E-state index contributed by atoms with van der Waals surface area (Å²) in [6.07, 6.45) is 0. The van der Waals surface area contributed by atoms with Gasteiger partial charge < -0.3 is 4.42 Å². The highest BCUT2D eigenvalue weighted by atomic mass is 35.5. The summed E-state index contributed by atoms with van der Waals surface area (Å²) < 4.78 is 30.0. The number of benzene rings is 2. The Balaban J connectivity index is 1.82. The summed E-state index contributed by atoms with van der Waals surface area (Å²) in [4.78, 5) is 23.8. The summed E-state index contributed by atoms with van der Waals surface area (Å²) in [6, 6.07) is 9.92. The molecular weight excluding hydrogens is 398 g/mol. The van der Waals surface area contributed by atoms with E-state index < -0.39 is 31.4 Å². The second-order valence-electron chi connectivity index (χ2n) is 5.48. The number of rotatable bonds is 5. The van der Waals surface area contributed by atoms with Crippen LogP contribution in [0.25, 0.3) is 11.0 Å². The van der Waals surface area contributed by atoms with Gasteiger partial charge in [-0.1, -0.05) is 29.8 Å². The van der Waals surface area contributed by atoms with E-state index >= 15 is 0 Å². The van der Waals surface area contributed by atoms with Crippen molar-refractivity contribution in [3.8, 4) is 0 Å². The van der Waals surface area contributed by atoms with Gasteiger partial charge in [-0.2, -0.15) is 0 Å². The predicted octanol–water partition coefficient (Wildman–Crippen LogP) is 2.93. The van der Waals surface area contributed by atoms with Gasteiger partial charge in [-0.25, -0.2) is 8.42 Å². The number of hydrogen-bond acceptors (Lipinski definition) is 6. The topological polar surface area (TPSA) is 132 Å². The maximum absolute atomic E-state index is 12.3. The molecule has 2 aromatic carbocycles. The molecule has 11 heteroatoms. The smallest absolute Gasteiger partial charge is 0.302 e. The van der Waals surface area contributed by atoms with E-state index in [1.807, 2.05) is 10.3 Å². The third kappa shape index (κ3) is 3.63. The lowest BCUT2D eigenvalue weighted by molar-refractivity contribution is -0.384. The van der Waals surface area contributed by atoms with Gasteiger partial charge in [0.15, 0.2) is 5.76 Å². The Labute approximate surface area is 158 Å². The molecule has 27 heavy (non-hydrogen) atoms. The van der Waals surface area contributed by atoms with Crippen molar-refractivity contribution >= 4 is 44.2 Å². The first kappa shape index (κ1) is 18.8. The molecule has 0 spiro atoms. The molecule has 3 rings (SSSR count). The molecular formula is C16H12ClN3O6S. The predicted molar refractivity (Wildman–Crippen MR) is 96.8 cm³/mol. The van der Waals surface area contributed by atoms with Crippen molar-refractivity contribution in [3.63, 3.8) is 0 Å².